The molecule has 0 aliphatic rings. The zero-order chi connectivity index (χ0) is 12.7. The Hall–Kier alpha value is -0.930. The number of nitrogens with one attached hydrogen (secondary N) is 1. The lowest BCUT2D eigenvalue weighted by molar-refractivity contribution is 0.293. The lowest BCUT2D eigenvalue weighted by Gasteiger charge is -2.26. The second kappa shape index (κ2) is 6.72. The summed E-state index contributed by atoms with van der Waals surface area (Å²) in [5.41, 5.74) is 1.56. The average molecular weight is 235 g/mol. The van der Waals surface area contributed by atoms with Gasteiger partial charge >= 0.3 is 0 Å². The highest BCUT2D eigenvalue weighted by molar-refractivity contribution is 5.09. The number of hydrogen-bond acceptors (Lipinski definition) is 3. The van der Waals surface area contributed by atoms with E-state index < -0.39 is 0 Å². The quantitative estimate of drug-likeness (QED) is 0.786. The molecule has 0 aliphatic heterocycles. The minimum atomic E-state index is 0.248. The zero-order valence-electron chi connectivity index (χ0n) is 11.5. The van der Waals surface area contributed by atoms with Crippen LogP contribution < -0.4 is 5.32 Å². The van der Waals surface area contributed by atoms with Crippen molar-refractivity contribution >= 4 is 0 Å². The molecule has 96 valence electrons. The van der Waals surface area contributed by atoms with E-state index in [0.717, 1.165) is 26.1 Å². The number of hydrogen-bond donors (Lipinski definition) is 1. The molecule has 0 fully saturated rings. The summed E-state index contributed by atoms with van der Waals surface area (Å²) in [6.45, 7) is 9.78. The Morgan fingerprint density at radius 2 is 1.94 bits per heavy atom. The highest BCUT2D eigenvalue weighted by Gasteiger charge is 2.13. The molecule has 0 radical (unpaired) electrons. The highest BCUT2D eigenvalue weighted by atomic mass is 15.1. The molecule has 0 aromatic carbocycles. The monoisotopic (exact) mass is 235 g/mol. The van der Waals surface area contributed by atoms with Crippen molar-refractivity contribution in [2.24, 2.45) is 0 Å². The summed E-state index contributed by atoms with van der Waals surface area (Å²) in [5.74, 6) is 0. The molecule has 0 amide bonds. The third kappa shape index (κ3) is 5.80. The minimum absolute atomic E-state index is 0.248. The predicted octanol–water partition coefficient (Wildman–Crippen LogP) is 2.29. The summed E-state index contributed by atoms with van der Waals surface area (Å²) in [5, 5.41) is 3.57. The minimum Gasteiger partial charge on any atom is -0.311 e. The maximum Gasteiger partial charge on any atom is 0.0271 e. The van der Waals surface area contributed by atoms with Crippen molar-refractivity contribution in [1.82, 2.24) is 15.2 Å². The van der Waals surface area contributed by atoms with Gasteiger partial charge in [-0.15, -0.1) is 0 Å². The summed E-state index contributed by atoms with van der Waals surface area (Å²) in [4.78, 5) is 6.35. The Balaban J connectivity index is 2.24. The molecule has 3 nitrogen and oxygen atoms in total. The zero-order valence-corrected chi connectivity index (χ0v) is 11.5. The van der Waals surface area contributed by atoms with Gasteiger partial charge in [-0.25, -0.2) is 0 Å². The van der Waals surface area contributed by atoms with Gasteiger partial charge in [-0.05, 0) is 45.0 Å². The molecule has 1 aromatic heterocycles. The summed E-state index contributed by atoms with van der Waals surface area (Å²) < 4.78 is 0. The highest BCUT2D eigenvalue weighted by Crippen LogP contribution is 2.06. The van der Waals surface area contributed by atoms with Gasteiger partial charge < -0.3 is 10.2 Å². The van der Waals surface area contributed by atoms with Crippen molar-refractivity contribution in [2.45, 2.75) is 39.3 Å². The molecule has 3 heteroatoms. The third-order valence-electron chi connectivity index (χ3n) is 3.18. The Morgan fingerprint density at radius 3 is 2.53 bits per heavy atom. The Kier molecular flexibility index (Phi) is 5.59. The molecule has 1 rings (SSSR count). The van der Waals surface area contributed by atoms with Crippen molar-refractivity contribution in [3.63, 3.8) is 0 Å². The summed E-state index contributed by atoms with van der Waals surface area (Å²) in [6, 6.07) is 4.14. The van der Waals surface area contributed by atoms with Crippen LogP contribution in [0.25, 0.3) is 0 Å². The van der Waals surface area contributed by atoms with Crippen LogP contribution in [-0.4, -0.2) is 35.6 Å². The van der Waals surface area contributed by atoms with Gasteiger partial charge in [0.25, 0.3) is 0 Å². The lowest BCUT2D eigenvalue weighted by Crippen LogP contribution is -2.42. The van der Waals surface area contributed by atoms with E-state index in [2.05, 4.69) is 55.2 Å². The van der Waals surface area contributed by atoms with Gasteiger partial charge in [0.15, 0.2) is 0 Å². The number of nitrogens with zero attached hydrogens (tertiary/aromatic N) is 2. The van der Waals surface area contributed by atoms with Gasteiger partial charge in [0.05, 0.1) is 0 Å². The van der Waals surface area contributed by atoms with Crippen LogP contribution >= 0.6 is 0 Å². The molecule has 0 bridgehead atoms. The van der Waals surface area contributed by atoms with Crippen molar-refractivity contribution in [2.75, 3.05) is 20.1 Å². The predicted molar refractivity (Wildman–Crippen MR) is 72.9 cm³/mol. The number of pyridine rings is 1. The molecular formula is C14H25N3. The second-order valence-corrected chi connectivity index (χ2v) is 5.26. The SMILES string of the molecule is CCC(C)(C)NCCN(C)Cc1ccncc1. The van der Waals surface area contributed by atoms with E-state index in [4.69, 9.17) is 0 Å². The van der Waals surface area contributed by atoms with E-state index in [-0.39, 0.29) is 5.54 Å². The average Bonchev–Trinajstić information content (AvgIpc) is 2.30. The summed E-state index contributed by atoms with van der Waals surface area (Å²) in [6.07, 6.45) is 4.85. The topological polar surface area (TPSA) is 28.2 Å². The second-order valence-electron chi connectivity index (χ2n) is 5.26. The Bertz CT molecular complexity index is 309. The van der Waals surface area contributed by atoms with E-state index in [0.29, 0.717) is 0 Å². The molecule has 0 saturated carbocycles. The van der Waals surface area contributed by atoms with E-state index >= 15 is 0 Å². The van der Waals surface area contributed by atoms with E-state index in [1.54, 1.807) is 0 Å². The van der Waals surface area contributed by atoms with Crippen LogP contribution in [0.1, 0.15) is 32.8 Å². The molecule has 0 spiro atoms. The smallest absolute Gasteiger partial charge is 0.0271 e. The number of aromatic nitrogens is 1. The first-order valence-electron chi connectivity index (χ1n) is 6.36. The Morgan fingerprint density at radius 1 is 1.29 bits per heavy atom. The third-order valence-corrected chi connectivity index (χ3v) is 3.18. The lowest BCUT2D eigenvalue weighted by atomic mass is 10.0. The summed E-state index contributed by atoms with van der Waals surface area (Å²) >= 11 is 0. The molecule has 17 heavy (non-hydrogen) atoms. The first-order valence-corrected chi connectivity index (χ1v) is 6.36. The van der Waals surface area contributed by atoms with Gasteiger partial charge in [0.2, 0.25) is 0 Å². The van der Waals surface area contributed by atoms with Crippen LogP contribution in [0.15, 0.2) is 24.5 Å². The van der Waals surface area contributed by atoms with Gasteiger partial charge in [0, 0.05) is 37.6 Å². The normalized spacial score (nSPS) is 12.1. The van der Waals surface area contributed by atoms with Crippen LogP contribution in [0, 0.1) is 0 Å². The molecule has 0 atom stereocenters. The van der Waals surface area contributed by atoms with Gasteiger partial charge in [-0.1, -0.05) is 6.92 Å². The molecular weight excluding hydrogens is 210 g/mol. The van der Waals surface area contributed by atoms with E-state index in [1.807, 2.05) is 12.4 Å². The van der Waals surface area contributed by atoms with Gasteiger partial charge in [-0.3, -0.25) is 4.98 Å². The Labute approximate surface area is 105 Å². The maximum atomic E-state index is 4.03. The fourth-order valence-corrected chi connectivity index (χ4v) is 1.59. The fraction of sp³-hybridized carbons (Fsp3) is 0.643. The van der Waals surface area contributed by atoms with Crippen LogP contribution in [0.4, 0.5) is 0 Å². The van der Waals surface area contributed by atoms with Crippen LogP contribution in [-0.2, 0) is 6.54 Å². The van der Waals surface area contributed by atoms with E-state index in [1.165, 1.54) is 5.56 Å². The molecule has 1 aromatic rings. The van der Waals surface area contributed by atoms with Gasteiger partial charge in [0.1, 0.15) is 0 Å². The molecule has 0 unspecified atom stereocenters. The largest absolute Gasteiger partial charge is 0.311 e. The summed E-state index contributed by atoms with van der Waals surface area (Å²) in [7, 11) is 2.15. The first kappa shape index (κ1) is 14.1. The molecule has 0 aliphatic carbocycles. The standard InChI is InChI=1S/C14H25N3/c1-5-14(2,3)16-10-11-17(4)12-13-6-8-15-9-7-13/h6-9,16H,5,10-12H2,1-4H3. The van der Waals surface area contributed by atoms with Crippen molar-refractivity contribution < 1.29 is 0 Å². The van der Waals surface area contributed by atoms with Crippen molar-refractivity contribution in [3.8, 4) is 0 Å². The number of likely N-dealkylation sites (N-methyl/N-ethyl adjacent to an activating group) is 1. The maximum absolute atomic E-state index is 4.03. The van der Waals surface area contributed by atoms with Gasteiger partial charge in [-0.2, -0.15) is 0 Å². The molecule has 1 N–H and O–H groups in total. The van der Waals surface area contributed by atoms with Crippen molar-refractivity contribution in [3.05, 3.63) is 30.1 Å². The molecule has 0 saturated heterocycles. The van der Waals surface area contributed by atoms with Crippen LogP contribution in [0.5, 0.6) is 0 Å². The number of rotatable bonds is 7. The fourth-order valence-electron chi connectivity index (χ4n) is 1.59. The van der Waals surface area contributed by atoms with Crippen molar-refractivity contribution in [1.29, 1.82) is 0 Å². The molecule has 1 heterocycles. The van der Waals surface area contributed by atoms with E-state index in [9.17, 15) is 0 Å². The first-order chi connectivity index (χ1) is 8.03. The van der Waals surface area contributed by atoms with Crippen LogP contribution in [0.3, 0.4) is 0 Å². The van der Waals surface area contributed by atoms with Crippen LogP contribution in [0.2, 0.25) is 0 Å².